The molecule has 8 heteroatoms. The van der Waals surface area contributed by atoms with Gasteiger partial charge < -0.3 is 9.47 Å². The Bertz CT molecular complexity index is 1040. The monoisotopic (exact) mass is 443 g/mol. The minimum absolute atomic E-state index is 0.0964. The van der Waals surface area contributed by atoms with Gasteiger partial charge in [-0.1, -0.05) is 35.6 Å². The summed E-state index contributed by atoms with van der Waals surface area (Å²) in [6.45, 7) is 6.48. The third-order valence-corrected chi connectivity index (χ3v) is 6.34. The number of para-hydroxylation sites is 2. The van der Waals surface area contributed by atoms with Gasteiger partial charge >= 0.3 is 0 Å². The molecular weight excluding hydrogens is 417 g/mol. The summed E-state index contributed by atoms with van der Waals surface area (Å²) in [6.07, 6.45) is 0.786. The van der Waals surface area contributed by atoms with Gasteiger partial charge in [0.25, 0.3) is 5.91 Å². The lowest BCUT2D eigenvalue weighted by Crippen LogP contribution is -2.40. The highest BCUT2D eigenvalue weighted by molar-refractivity contribution is 7.22. The van der Waals surface area contributed by atoms with Crippen LogP contribution < -0.4 is 9.64 Å². The average Bonchev–Trinajstić information content (AvgIpc) is 3.22. The van der Waals surface area contributed by atoms with Crippen LogP contribution in [0.3, 0.4) is 0 Å². The summed E-state index contributed by atoms with van der Waals surface area (Å²) in [5.41, 5.74) is 1.27. The summed E-state index contributed by atoms with van der Waals surface area (Å²) in [5, 5.41) is 0.500. The molecule has 0 saturated carbocycles. The highest BCUT2D eigenvalue weighted by Gasteiger charge is 2.22. The van der Waals surface area contributed by atoms with Crippen molar-refractivity contribution in [3.63, 3.8) is 0 Å². The Hall–Kier alpha value is -2.55. The fourth-order valence-electron chi connectivity index (χ4n) is 3.56. The van der Waals surface area contributed by atoms with Crippen LogP contribution in [0.5, 0.6) is 5.75 Å². The number of carbonyl (C=O) groups excluding carboxylic acids is 1. The van der Waals surface area contributed by atoms with Gasteiger partial charge in [0.1, 0.15) is 17.1 Å². The highest BCUT2D eigenvalue weighted by atomic mass is 32.1. The van der Waals surface area contributed by atoms with Crippen molar-refractivity contribution < 1.29 is 18.7 Å². The minimum atomic E-state index is -0.378. The number of thiazole rings is 1. The molecule has 4 rings (SSSR count). The fourth-order valence-corrected chi connectivity index (χ4v) is 4.58. The molecule has 164 valence electrons. The second kappa shape index (κ2) is 10.2. The van der Waals surface area contributed by atoms with Crippen LogP contribution in [0.4, 0.5) is 9.52 Å². The third kappa shape index (κ3) is 5.39. The van der Waals surface area contributed by atoms with Crippen molar-refractivity contribution in [1.82, 2.24) is 9.88 Å². The van der Waals surface area contributed by atoms with Gasteiger partial charge in [0.2, 0.25) is 0 Å². The van der Waals surface area contributed by atoms with E-state index in [1.54, 1.807) is 11.0 Å². The summed E-state index contributed by atoms with van der Waals surface area (Å²) in [5.74, 6) is 0.112. The van der Waals surface area contributed by atoms with Crippen LogP contribution in [-0.4, -0.2) is 61.8 Å². The number of aromatic nitrogens is 1. The fraction of sp³-hybridized carbons (Fsp3) is 0.391. The molecular formula is C23H26FN3O3S. The molecule has 0 radical (unpaired) electrons. The first-order valence-corrected chi connectivity index (χ1v) is 11.3. The molecule has 1 aromatic heterocycles. The molecule has 2 heterocycles. The quantitative estimate of drug-likeness (QED) is 0.529. The number of hydrogen-bond donors (Lipinski definition) is 0. The lowest BCUT2D eigenvalue weighted by molar-refractivity contribution is -0.120. The van der Waals surface area contributed by atoms with E-state index >= 15 is 0 Å². The molecule has 2 aromatic carbocycles. The van der Waals surface area contributed by atoms with E-state index in [1.165, 1.54) is 17.4 Å². The first-order valence-electron chi connectivity index (χ1n) is 10.5. The molecule has 1 aliphatic rings. The molecule has 3 aromatic rings. The van der Waals surface area contributed by atoms with Crippen molar-refractivity contribution in [2.45, 2.75) is 13.3 Å². The molecule has 0 N–H and O–H groups in total. The highest BCUT2D eigenvalue weighted by Crippen LogP contribution is 2.30. The first-order chi connectivity index (χ1) is 15.1. The lowest BCUT2D eigenvalue weighted by Gasteiger charge is -2.27. The Labute approximate surface area is 185 Å². The number of hydrogen-bond acceptors (Lipinski definition) is 6. The van der Waals surface area contributed by atoms with E-state index in [0.29, 0.717) is 22.9 Å². The van der Waals surface area contributed by atoms with Crippen molar-refractivity contribution in [3.05, 3.63) is 53.8 Å². The summed E-state index contributed by atoms with van der Waals surface area (Å²) < 4.78 is 26.1. The van der Waals surface area contributed by atoms with Gasteiger partial charge in [-0.05, 0) is 37.1 Å². The van der Waals surface area contributed by atoms with Crippen LogP contribution in [-0.2, 0) is 9.53 Å². The Balaban J connectivity index is 1.48. The van der Waals surface area contributed by atoms with Crippen molar-refractivity contribution in [1.29, 1.82) is 0 Å². The van der Waals surface area contributed by atoms with Crippen molar-refractivity contribution in [2.24, 2.45) is 0 Å². The van der Waals surface area contributed by atoms with Gasteiger partial charge in [0.15, 0.2) is 11.7 Å². The second-order valence-corrected chi connectivity index (χ2v) is 8.50. The summed E-state index contributed by atoms with van der Waals surface area (Å²) in [4.78, 5) is 21.5. The van der Waals surface area contributed by atoms with Crippen LogP contribution >= 0.6 is 11.3 Å². The zero-order chi connectivity index (χ0) is 21.6. The minimum Gasteiger partial charge on any atom is -0.483 e. The molecule has 0 bridgehead atoms. The Morgan fingerprint density at radius 3 is 2.81 bits per heavy atom. The third-order valence-electron chi connectivity index (χ3n) is 5.29. The summed E-state index contributed by atoms with van der Waals surface area (Å²) in [6, 6.07) is 12.5. The largest absolute Gasteiger partial charge is 0.483 e. The number of rotatable bonds is 8. The number of morpholine rings is 1. The Morgan fingerprint density at radius 1 is 1.23 bits per heavy atom. The maximum atomic E-state index is 14.2. The number of nitrogens with zero attached hydrogens (tertiary/aromatic N) is 3. The van der Waals surface area contributed by atoms with Gasteiger partial charge in [-0.25, -0.2) is 9.37 Å². The number of fused-ring (bicyclic) bond motifs is 1. The van der Waals surface area contributed by atoms with E-state index in [1.807, 2.05) is 37.3 Å². The first kappa shape index (κ1) is 21.7. The van der Waals surface area contributed by atoms with Gasteiger partial charge in [-0.2, -0.15) is 0 Å². The molecule has 1 amide bonds. The number of aryl methyl sites for hydroxylation is 1. The van der Waals surface area contributed by atoms with Crippen LogP contribution in [0, 0.1) is 12.7 Å². The van der Waals surface area contributed by atoms with Crippen LogP contribution in [0.2, 0.25) is 0 Å². The smallest absolute Gasteiger partial charge is 0.266 e. The van der Waals surface area contributed by atoms with E-state index in [-0.39, 0.29) is 18.3 Å². The van der Waals surface area contributed by atoms with E-state index in [4.69, 9.17) is 9.47 Å². The number of halogens is 1. The second-order valence-electron chi connectivity index (χ2n) is 7.49. The number of carbonyl (C=O) groups is 1. The molecule has 1 aliphatic heterocycles. The van der Waals surface area contributed by atoms with E-state index in [2.05, 4.69) is 9.88 Å². The van der Waals surface area contributed by atoms with Crippen LogP contribution in [0.15, 0.2) is 42.5 Å². The molecule has 1 saturated heterocycles. The Kier molecular flexibility index (Phi) is 7.11. The molecule has 31 heavy (non-hydrogen) atoms. The number of ether oxygens (including phenoxy) is 2. The maximum absolute atomic E-state index is 14.2. The SMILES string of the molecule is Cc1ccccc1OCC(=O)N(CCCN1CCOCC1)c1nc2c(F)cccc2s1. The van der Waals surface area contributed by atoms with Gasteiger partial charge in [-0.15, -0.1) is 0 Å². The zero-order valence-electron chi connectivity index (χ0n) is 17.6. The van der Waals surface area contributed by atoms with Crippen molar-refractivity contribution in [2.75, 3.05) is 50.9 Å². The molecule has 0 spiro atoms. The Morgan fingerprint density at radius 2 is 2.03 bits per heavy atom. The lowest BCUT2D eigenvalue weighted by atomic mass is 10.2. The standard InChI is InChI=1S/C23H26FN3O3S/c1-17-6-2-3-8-19(17)30-16-21(28)27(11-5-10-26-12-14-29-15-13-26)23-25-22-18(24)7-4-9-20(22)31-23/h2-4,6-9H,5,10-16H2,1H3. The average molecular weight is 444 g/mol. The predicted molar refractivity (Wildman–Crippen MR) is 120 cm³/mol. The van der Waals surface area contributed by atoms with Crippen LogP contribution in [0.25, 0.3) is 10.2 Å². The summed E-state index contributed by atoms with van der Waals surface area (Å²) >= 11 is 1.32. The van der Waals surface area contributed by atoms with Gasteiger partial charge in [-0.3, -0.25) is 14.6 Å². The van der Waals surface area contributed by atoms with E-state index < -0.39 is 0 Å². The van der Waals surface area contributed by atoms with Crippen molar-refractivity contribution >= 4 is 32.6 Å². The van der Waals surface area contributed by atoms with E-state index in [0.717, 1.165) is 49.5 Å². The molecule has 6 nitrogen and oxygen atoms in total. The molecule has 0 aliphatic carbocycles. The van der Waals surface area contributed by atoms with Gasteiger partial charge in [0.05, 0.1) is 17.9 Å². The molecule has 0 atom stereocenters. The topological polar surface area (TPSA) is 54.9 Å². The predicted octanol–water partition coefficient (Wildman–Crippen LogP) is 3.88. The van der Waals surface area contributed by atoms with Crippen molar-refractivity contribution in [3.8, 4) is 5.75 Å². The molecule has 0 unspecified atom stereocenters. The van der Waals surface area contributed by atoms with E-state index in [9.17, 15) is 9.18 Å². The molecule has 1 fully saturated rings. The van der Waals surface area contributed by atoms with Gasteiger partial charge in [0, 0.05) is 26.2 Å². The number of benzene rings is 2. The zero-order valence-corrected chi connectivity index (χ0v) is 18.4. The maximum Gasteiger partial charge on any atom is 0.266 e. The summed E-state index contributed by atoms with van der Waals surface area (Å²) in [7, 11) is 0. The van der Waals surface area contributed by atoms with Crippen LogP contribution in [0.1, 0.15) is 12.0 Å². The normalized spacial score (nSPS) is 14.6. The number of anilines is 1. The number of amides is 1.